The fourth-order valence-corrected chi connectivity index (χ4v) is 3.32. The van der Waals surface area contributed by atoms with Gasteiger partial charge in [0.05, 0.1) is 16.4 Å². The summed E-state index contributed by atoms with van der Waals surface area (Å²) in [5, 5.41) is 7.92. The highest BCUT2D eigenvalue weighted by Gasteiger charge is 2.23. The second kappa shape index (κ2) is 7.45. The molecule has 0 aliphatic carbocycles. The zero-order valence-corrected chi connectivity index (χ0v) is 15.7. The molecule has 3 rings (SSSR count). The Labute approximate surface area is 153 Å². The summed E-state index contributed by atoms with van der Waals surface area (Å²) in [6, 6.07) is 7.19. The van der Waals surface area contributed by atoms with Crippen molar-refractivity contribution < 1.29 is 4.79 Å². The van der Waals surface area contributed by atoms with Crippen LogP contribution in [0.15, 0.2) is 24.3 Å². The molecule has 1 aliphatic heterocycles. The van der Waals surface area contributed by atoms with Gasteiger partial charge >= 0.3 is 6.03 Å². The maximum Gasteiger partial charge on any atom is 0.321 e. The summed E-state index contributed by atoms with van der Waals surface area (Å²) in [6.07, 6.45) is 0. The molecule has 0 saturated carbocycles. The van der Waals surface area contributed by atoms with E-state index in [2.05, 4.69) is 29.2 Å². The number of rotatable bonds is 3. The molecule has 1 aromatic heterocycles. The lowest BCUT2D eigenvalue weighted by Crippen LogP contribution is -2.49. The molecular weight excluding hydrogens is 338 g/mol. The number of anilines is 1. The van der Waals surface area contributed by atoms with Crippen molar-refractivity contribution >= 4 is 23.3 Å². The summed E-state index contributed by atoms with van der Waals surface area (Å²) in [5.41, 5.74) is 4.23. The molecule has 0 unspecified atom stereocenters. The van der Waals surface area contributed by atoms with Crippen molar-refractivity contribution in [3.8, 4) is 0 Å². The van der Waals surface area contributed by atoms with Crippen LogP contribution in [0.2, 0.25) is 5.02 Å². The van der Waals surface area contributed by atoms with Crippen molar-refractivity contribution in [2.45, 2.75) is 20.4 Å². The van der Waals surface area contributed by atoms with Crippen LogP contribution in [-0.2, 0) is 13.6 Å². The monoisotopic (exact) mass is 361 g/mol. The highest BCUT2D eigenvalue weighted by molar-refractivity contribution is 6.33. The van der Waals surface area contributed by atoms with Gasteiger partial charge in [0.2, 0.25) is 0 Å². The second-order valence-electron chi connectivity index (χ2n) is 6.45. The Bertz CT molecular complexity index is 765. The fraction of sp³-hybridized carbons (Fsp3) is 0.444. The van der Waals surface area contributed by atoms with Crippen LogP contribution in [0.4, 0.5) is 10.5 Å². The average molecular weight is 362 g/mol. The fourth-order valence-electron chi connectivity index (χ4n) is 3.14. The topological polar surface area (TPSA) is 53.4 Å². The zero-order valence-electron chi connectivity index (χ0n) is 14.9. The number of amides is 2. The van der Waals surface area contributed by atoms with Crippen molar-refractivity contribution in [1.29, 1.82) is 0 Å². The van der Waals surface area contributed by atoms with Crippen LogP contribution < -0.4 is 5.32 Å². The molecule has 25 heavy (non-hydrogen) atoms. The van der Waals surface area contributed by atoms with Gasteiger partial charge in [-0.1, -0.05) is 23.7 Å². The number of aromatic nitrogens is 2. The van der Waals surface area contributed by atoms with Gasteiger partial charge in [-0.05, 0) is 26.0 Å². The maximum absolute atomic E-state index is 12.4. The van der Waals surface area contributed by atoms with Gasteiger partial charge in [-0.25, -0.2) is 4.79 Å². The molecule has 7 heteroatoms. The molecular formula is C18H24ClN5O. The van der Waals surface area contributed by atoms with Gasteiger partial charge < -0.3 is 10.2 Å². The van der Waals surface area contributed by atoms with Gasteiger partial charge in [0, 0.05) is 51.0 Å². The molecule has 1 N–H and O–H groups in total. The molecule has 1 saturated heterocycles. The quantitative estimate of drug-likeness (QED) is 0.914. The highest BCUT2D eigenvalue weighted by atomic mass is 35.5. The predicted molar refractivity (Wildman–Crippen MR) is 100 cm³/mol. The lowest BCUT2D eigenvalue weighted by atomic mass is 10.1. The van der Waals surface area contributed by atoms with E-state index >= 15 is 0 Å². The van der Waals surface area contributed by atoms with Crippen LogP contribution in [0.1, 0.15) is 17.0 Å². The SMILES string of the molecule is Cc1nn(C)c(C)c1CN1CCN(C(=O)Nc2ccccc2Cl)CC1. The normalized spacial score (nSPS) is 15.4. The Balaban J connectivity index is 1.55. The van der Waals surface area contributed by atoms with Crippen LogP contribution in [0.3, 0.4) is 0 Å². The van der Waals surface area contributed by atoms with Crippen molar-refractivity contribution in [1.82, 2.24) is 19.6 Å². The summed E-state index contributed by atoms with van der Waals surface area (Å²) in [6.45, 7) is 8.14. The summed E-state index contributed by atoms with van der Waals surface area (Å²) in [4.78, 5) is 16.6. The lowest BCUT2D eigenvalue weighted by Gasteiger charge is -2.34. The van der Waals surface area contributed by atoms with E-state index < -0.39 is 0 Å². The number of carbonyl (C=O) groups is 1. The van der Waals surface area contributed by atoms with Gasteiger partial charge in [0.15, 0.2) is 0 Å². The molecule has 0 bridgehead atoms. The van der Waals surface area contributed by atoms with E-state index in [1.165, 1.54) is 11.3 Å². The highest BCUT2D eigenvalue weighted by Crippen LogP contribution is 2.21. The van der Waals surface area contributed by atoms with E-state index in [0.29, 0.717) is 23.8 Å². The number of piperazine rings is 1. The molecule has 0 atom stereocenters. The van der Waals surface area contributed by atoms with Gasteiger partial charge in [-0.15, -0.1) is 0 Å². The third kappa shape index (κ3) is 3.96. The first-order chi connectivity index (χ1) is 12.0. The summed E-state index contributed by atoms with van der Waals surface area (Å²) in [7, 11) is 1.98. The summed E-state index contributed by atoms with van der Waals surface area (Å²) in [5.74, 6) is 0. The van der Waals surface area contributed by atoms with Gasteiger partial charge in [0.1, 0.15) is 0 Å². The van der Waals surface area contributed by atoms with Crippen LogP contribution >= 0.6 is 11.6 Å². The molecule has 2 heterocycles. The molecule has 1 aromatic carbocycles. The molecule has 1 fully saturated rings. The molecule has 6 nitrogen and oxygen atoms in total. The van der Waals surface area contributed by atoms with Gasteiger partial charge in [-0.2, -0.15) is 5.10 Å². The minimum Gasteiger partial charge on any atom is -0.322 e. The summed E-state index contributed by atoms with van der Waals surface area (Å²) >= 11 is 6.10. The minimum absolute atomic E-state index is 0.0958. The molecule has 2 aromatic rings. The van der Waals surface area contributed by atoms with E-state index in [1.807, 2.05) is 34.8 Å². The number of urea groups is 1. The Morgan fingerprint density at radius 2 is 1.88 bits per heavy atom. The second-order valence-corrected chi connectivity index (χ2v) is 6.85. The Kier molecular flexibility index (Phi) is 5.30. The number of nitrogens with one attached hydrogen (secondary N) is 1. The third-order valence-electron chi connectivity index (χ3n) is 4.82. The largest absolute Gasteiger partial charge is 0.322 e. The smallest absolute Gasteiger partial charge is 0.321 e. The zero-order chi connectivity index (χ0) is 18.0. The van der Waals surface area contributed by atoms with Crippen molar-refractivity contribution in [2.75, 3.05) is 31.5 Å². The van der Waals surface area contributed by atoms with E-state index in [4.69, 9.17) is 11.6 Å². The van der Waals surface area contributed by atoms with E-state index in [9.17, 15) is 4.79 Å². The van der Waals surface area contributed by atoms with Crippen molar-refractivity contribution in [3.63, 3.8) is 0 Å². The van der Waals surface area contributed by atoms with Crippen LogP contribution in [0.5, 0.6) is 0 Å². The lowest BCUT2D eigenvalue weighted by molar-refractivity contribution is 0.142. The van der Waals surface area contributed by atoms with Crippen LogP contribution in [0.25, 0.3) is 0 Å². The van der Waals surface area contributed by atoms with E-state index in [0.717, 1.165) is 25.3 Å². The predicted octanol–water partition coefficient (Wildman–Crippen LogP) is 3.04. The first-order valence-corrected chi connectivity index (χ1v) is 8.85. The van der Waals surface area contributed by atoms with Crippen molar-refractivity contribution in [3.05, 3.63) is 46.2 Å². The molecule has 0 radical (unpaired) electrons. The molecule has 0 spiro atoms. The molecule has 2 amide bonds. The molecule has 1 aliphatic rings. The number of benzene rings is 1. The van der Waals surface area contributed by atoms with E-state index in [1.54, 1.807) is 6.07 Å². The summed E-state index contributed by atoms with van der Waals surface area (Å²) < 4.78 is 1.93. The van der Waals surface area contributed by atoms with Crippen LogP contribution in [-0.4, -0.2) is 51.8 Å². The number of aryl methyl sites for hydroxylation is 2. The number of halogens is 1. The van der Waals surface area contributed by atoms with Crippen LogP contribution in [0, 0.1) is 13.8 Å². The Morgan fingerprint density at radius 3 is 2.48 bits per heavy atom. The number of carbonyl (C=O) groups excluding carboxylic acids is 1. The Morgan fingerprint density at radius 1 is 1.20 bits per heavy atom. The van der Waals surface area contributed by atoms with Gasteiger partial charge in [-0.3, -0.25) is 9.58 Å². The maximum atomic E-state index is 12.4. The number of nitrogens with zero attached hydrogens (tertiary/aromatic N) is 4. The molecule has 134 valence electrons. The first-order valence-electron chi connectivity index (χ1n) is 8.47. The van der Waals surface area contributed by atoms with E-state index in [-0.39, 0.29) is 6.03 Å². The van der Waals surface area contributed by atoms with Gasteiger partial charge in [0.25, 0.3) is 0 Å². The number of hydrogen-bond acceptors (Lipinski definition) is 3. The minimum atomic E-state index is -0.0958. The number of para-hydroxylation sites is 1. The third-order valence-corrected chi connectivity index (χ3v) is 5.15. The first kappa shape index (κ1) is 17.8. The Hall–Kier alpha value is -2.05. The standard InChI is InChI=1S/C18H24ClN5O/c1-13-15(14(2)22(3)21-13)12-23-8-10-24(11-9-23)18(25)20-17-7-5-4-6-16(17)19/h4-7H,8-12H2,1-3H3,(H,20,25). The van der Waals surface area contributed by atoms with Crippen molar-refractivity contribution in [2.24, 2.45) is 7.05 Å². The average Bonchev–Trinajstić information content (AvgIpc) is 2.84. The number of hydrogen-bond donors (Lipinski definition) is 1.